The van der Waals surface area contributed by atoms with Gasteiger partial charge in [0, 0.05) is 17.5 Å². The summed E-state index contributed by atoms with van der Waals surface area (Å²) in [6.07, 6.45) is 7.72. The van der Waals surface area contributed by atoms with Crippen LogP contribution in [0.15, 0.2) is 23.2 Å². The molecule has 1 amide bonds. The van der Waals surface area contributed by atoms with Crippen LogP contribution in [0.5, 0.6) is 0 Å². The number of imidazole rings is 1. The quantitative estimate of drug-likeness (QED) is 0.341. The molecular formula is C21H27N4O4S2+. The van der Waals surface area contributed by atoms with E-state index in [1.54, 1.807) is 30.0 Å². The van der Waals surface area contributed by atoms with E-state index < -0.39 is 18.0 Å². The Morgan fingerprint density at radius 1 is 1.48 bits per heavy atom. The van der Waals surface area contributed by atoms with Crippen LogP contribution < -0.4 is 9.88 Å². The molecule has 2 aromatic heterocycles. The normalized spacial score (nSPS) is 29.0. The monoisotopic (exact) mass is 463 g/mol. The highest BCUT2D eigenvalue weighted by Crippen LogP contribution is 2.51. The molecule has 0 bridgehead atoms. The van der Waals surface area contributed by atoms with Gasteiger partial charge in [-0.2, -0.15) is 4.40 Å². The fourth-order valence-corrected chi connectivity index (χ4v) is 7.62. The van der Waals surface area contributed by atoms with Gasteiger partial charge >= 0.3 is 5.97 Å². The second-order valence-electron chi connectivity index (χ2n) is 8.70. The SMILES string of the molecule is CSc1c2sc(C3=C(C(=O)O)N4C(=O)[C@H]([C@@H](C)O)[C@H]4[C@H]3C)cn2c[n+]1C[C@@H]1CCCN1. The van der Waals surface area contributed by atoms with Crippen molar-refractivity contribution in [3.8, 4) is 0 Å². The zero-order valence-corrected chi connectivity index (χ0v) is 19.4. The Morgan fingerprint density at radius 3 is 2.87 bits per heavy atom. The van der Waals surface area contributed by atoms with Crippen molar-refractivity contribution in [3.05, 3.63) is 23.1 Å². The molecule has 0 aromatic carbocycles. The van der Waals surface area contributed by atoms with E-state index in [1.165, 1.54) is 17.7 Å². The minimum Gasteiger partial charge on any atom is -0.477 e. The van der Waals surface area contributed by atoms with Crippen molar-refractivity contribution in [2.24, 2.45) is 11.8 Å². The number of thioether (sulfide) groups is 1. The van der Waals surface area contributed by atoms with Crippen molar-refractivity contribution >= 4 is 45.4 Å². The molecule has 0 saturated carbocycles. The van der Waals surface area contributed by atoms with E-state index in [-0.39, 0.29) is 23.6 Å². The number of amides is 1. The highest BCUT2D eigenvalue weighted by Gasteiger charge is 2.60. The van der Waals surface area contributed by atoms with Gasteiger partial charge in [-0.3, -0.25) is 4.79 Å². The molecule has 3 aliphatic rings. The molecule has 3 N–H and O–H groups in total. The number of aromatic nitrogens is 2. The van der Waals surface area contributed by atoms with Gasteiger partial charge in [0.15, 0.2) is 0 Å². The smallest absolute Gasteiger partial charge is 0.352 e. The summed E-state index contributed by atoms with van der Waals surface area (Å²) >= 11 is 3.26. The van der Waals surface area contributed by atoms with Crippen LogP contribution >= 0.6 is 23.1 Å². The fraction of sp³-hybridized carbons (Fsp3) is 0.571. The Morgan fingerprint density at radius 2 is 2.26 bits per heavy atom. The Labute approximate surface area is 188 Å². The lowest BCUT2D eigenvalue weighted by Crippen LogP contribution is -2.63. The van der Waals surface area contributed by atoms with Crippen LogP contribution in [-0.2, 0) is 16.1 Å². The number of aliphatic carboxylic acids is 1. The molecule has 0 aliphatic carbocycles. The highest BCUT2D eigenvalue weighted by molar-refractivity contribution is 7.98. The molecule has 5 heterocycles. The molecule has 2 aromatic rings. The first-order chi connectivity index (χ1) is 14.8. The van der Waals surface area contributed by atoms with Crippen LogP contribution in [0.3, 0.4) is 0 Å². The molecule has 31 heavy (non-hydrogen) atoms. The predicted molar refractivity (Wildman–Crippen MR) is 118 cm³/mol. The van der Waals surface area contributed by atoms with Crippen LogP contribution in [0.2, 0.25) is 0 Å². The summed E-state index contributed by atoms with van der Waals surface area (Å²) in [5.41, 5.74) is 0.761. The maximum Gasteiger partial charge on any atom is 0.352 e. The van der Waals surface area contributed by atoms with Gasteiger partial charge < -0.3 is 20.4 Å². The minimum atomic E-state index is -1.09. The van der Waals surface area contributed by atoms with Gasteiger partial charge in [-0.05, 0) is 32.6 Å². The first-order valence-corrected chi connectivity index (χ1v) is 12.7. The number of hydrogen-bond donors (Lipinski definition) is 3. The average molecular weight is 464 g/mol. The maximum absolute atomic E-state index is 12.6. The molecule has 10 heteroatoms. The first-order valence-electron chi connectivity index (χ1n) is 10.6. The Balaban J connectivity index is 1.55. The minimum absolute atomic E-state index is 0.0673. The number of carboxylic acids is 1. The lowest BCUT2D eigenvalue weighted by atomic mass is 9.77. The third kappa shape index (κ3) is 3.06. The number of hydrogen-bond acceptors (Lipinski definition) is 6. The first kappa shape index (κ1) is 21.0. The van der Waals surface area contributed by atoms with E-state index in [1.807, 2.05) is 13.1 Å². The zero-order chi connectivity index (χ0) is 22.0. The number of fused-ring (bicyclic) bond motifs is 2. The van der Waals surface area contributed by atoms with Crippen LogP contribution in [0.25, 0.3) is 10.4 Å². The van der Waals surface area contributed by atoms with E-state index in [2.05, 4.69) is 26.9 Å². The number of nitrogens with zero attached hydrogens (tertiary/aromatic N) is 3. The summed E-state index contributed by atoms with van der Waals surface area (Å²) in [6.45, 7) is 5.55. The lowest BCUT2D eigenvalue weighted by Gasteiger charge is -2.46. The van der Waals surface area contributed by atoms with Crippen molar-refractivity contribution in [2.75, 3.05) is 12.8 Å². The van der Waals surface area contributed by atoms with Crippen LogP contribution in [0.1, 0.15) is 31.6 Å². The standard InChI is InChI=1S/C21H26N4O4S2/c1-10-14(17(21(28)29)25-16(10)15(11(2)26)18(25)27)13-8-24-9-23(7-12-5-4-6-22-12)19(30-3)20(24)31-13/h8-12,15-16,22,26H,4-7H2,1-3H3/p+1/t10-,11+,12-,15+,16+/m0/s1. The maximum atomic E-state index is 12.6. The van der Waals surface area contributed by atoms with Crippen molar-refractivity contribution in [1.82, 2.24) is 14.6 Å². The van der Waals surface area contributed by atoms with Gasteiger partial charge in [0.1, 0.15) is 18.4 Å². The number of aliphatic hydroxyl groups is 1. The third-order valence-electron chi connectivity index (χ3n) is 6.82. The van der Waals surface area contributed by atoms with Crippen LogP contribution in [0.4, 0.5) is 0 Å². The lowest BCUT2D eigenvalue weighted by molar-refractivity contribution is -0.731. The Bertz CT molecular complexity index is 1100. The molecule has 5 atom stereocenters. The Kier molecular flexibility index (Phi) is 5.16. The van der Waals surface area contributed by atoms with E-state index in [0.29, 0.717) is 11.6 Å². The molecule has 2 fully saturated rings. The van der Waals surface area contributed by atoms with E-state index in [4.69, 9.17) is 0 Å². The average Bonchev–Trinajstić information content (AvgIpc) is 3.44. The topological polar surface area (TPSA) is 98.2 Å². The number of carbonyl (C=O) groups is 2. The number of carbonyl (C=O) groups excluding carboxylic acids is 1. The summed E-state index contributed by atoms with van der Waals surface area (Å²) in [5.74, 6) is -2.09. The highest BCUT2D eigenvalue weighted by atomic mass is 32.2. The van der Waals surface area contributed by atoms with Crippen LogP contribution in [0, 0.1) is 11.8 Å². The third-order valence-corrected chi connectivity index (χ3v) is 8.90. The van der Waals surface area contributed by atoms with Gasteiger partial charge in [-0.25, -0.2) is 9.36 Å². The summed E-state index contributed by atoms with van der Waals surface area (Å²) in [4.78, 5) is 28.1. The number of rotatable bonds is 6. The number of carboxylic acid groups (broad SMARTS) is 1. The summed E-state index contributed by atoms with van der Waals surface area (Å²) < 4.78 is 4.34. The predicted octanol–water partition coefficient (Wildman–Crippen LogP) is 1.42. The number of β-lactam (4-membered cyclic amide) rings is 1. The molecule has 0 radical (unpaired) electrons. The molecule has 166 valence electrons. The summed E-state index contributed by atoms with van der Waals surface area (Å²) in [5, 5.41) is 24.7. The second kappa shape index (κ2) is 7.61. The van der Waals surface area contributed by atoms with Crippen molar-refractivity contribution in [2.45, 2.75) is 56.4 Å². The molecule has 5 rings (SSSR count). The van der Waals surface area contributed by atoms with E-state index >= 15 is 0 Å². The van der Waals surface area contributed by atoms with Crippen LogP contribution in [-0.4, -0.2) is 62.4 Å². The fourth-order valence-electron chi connectivity index (χ4n) is 5.44. The summed E-state index contributed by atoms with van der Waals surface area (Å²) in [7, 11) is 0. The van der Waals surface area contributed by atoms with E-state index in [9.17, 15) is 19.8 Å². The molecule has 0 unspecified atom stereocenters. The number of aliphatic hydroxyl groups excluding tert-OH is 1. The number of nitrogens with one attached hydrogen (secondary N) is 1. The second-order valence-corrected chi connectivity index (χ2v) is 10.5. The molecule has 0 spiro atoms. The summed E-state index contributed by atoms with van der Waals surface area (Å²) in [6, 6.07) is 0.184. The van der Waals surface area contributed by atoms with Gasteiger partial charge in [0.2, 0.25) is 15.8 Å². The van der Waals surface area contributed by atoms with Crippen molar-refractivity contribution in [3.63, 3.8) is 0 Å². The molecule has 3 aliphatic heterocycles. The van der Waals surface area contributed by atoms with Crippen molar-refractivity contribution in [1.29, 1.82) is 0 Å². The molecular weight excluding hydrogens is 436 g/mol. The molecule has 8 nitrogen and oxygen atoms in total. The zero-order valence-electron chi connectivity index (χ0n) is 17.7. The van der Waals surface area contributed by atoms with Crippen molar-refractivity contribution < 1.29 is 24.4 Å². The van der Waals surface area contributed by atoms with E-state index in [0.717, 1.165) is 27.8 Å². The van der Waals surface area contributed by atoms with Gasteiger partial charge in [-0.15, -0.1) is 0 Å². The van der Waals surface area contributed by atoms with Gasteiger partial charge in [0.25, 0.3) is 6.33 Å². The Hall–Kier alpha value is -1.88. The number of thiazole rings is 1. The molecule has 2 saturated heterocycles. The largest absolute Gasteiger partial charge is 0.477 e. The van der Waals surface area contributed by atoms with Gasteiger partial charge in [-0.1, -0.05) is 30.0 Å². The van der Waals surface area contributed by atoms with Gasteiger partial charge in [0.05, 0.1) is 22.9 Å².